The number of benzene rings is 1. The van der Waals surface area contributed by atoms with Crippen molar-refractivity contribution in [3.8, 4) is 11.5 Å². The molecule has 118 valence electrons. The monoisotopic (exact) mass is 317 g/mol. The zero-order chi connectivity index (χ0) is 16.2. The van der Waals surface area contributed by atoms with E-state index >= 15 is 0 Å². The fourth-order valence-corrected chi connectivity index (χ4v) is 1.89. The number of furan rings is 1. The van der Waals surface area contributed by atoms with Gasteiger partial charge >= 0.3 is 5.88 Å². The second-order valence-corrected chi connectivity index (χ2v) is 4.53. The van der Waals surface area contributed by atoms with E-state index in [1.165, 1.54) is 12.1 Å². The molecule has 23 heavy (non-hydrogen) atoms. The van der Waals surface area contributed by atoms with Crippen LogP contribution in [0, 0.1) is 10.1 Å². The van der Waals surface area contributed by atoms with Crippen molar-refractivity contribution < 1.29 is 23.6 Å². The van der Waals surface area contributed by atoms with E-state index in [0.717, 1.165) is 6.21 Å². The summed E-state index contributed by atoms with van der Waals surface area (Å²) in [7, 11) is 0. The standard InChI is InChI=1S/C14H11N3O6/c18-14(12-8-21-10-3-1-2-4-11(10)23-12)16-15-7-9-5-6-13(22-9)17(19)20/h1-7,12H,8H2,(H,16,18)/b15-7-/t12-/m0/s1. The van der Waals surface area contributed by atoms with Gasteiger partial charge in [-0.2, -0.15) is 5.10 Å². The maximum absolute atomic E-state index is 11.9. The van der Waals surface area contributed by atoms with Gasteiger partial charge in [-0.05, 0) is 18.2 Å². The minimum absolute atomic E-state index is 0.0601. The molecule has 1 amide bonds. The van der Waals surface area contributed by atoms with Crippen LogP contribution in [0.15, 0.2) is 45.9 Å². The highest BCUT2D eigenvalue weighted by Gasteiger charge is 2.27. The van der Waals surface area contributed by atoms with Crippen molar-refractivity contribution >= 4 is 18.0 Å². The number of fused-ring (bicyclic) bond motifs is 1. The summed E-state index contributed by atoms with van der Waals surface area (Å²) < 4.78 is 15.8. The van der Waals surface area contributed by atoms with Crippen LogP contribution in [-0.2, 0) is 4.79 Å². The zero-order valence-electron chi connectivity index (χ0n) is 11.7. The van der Waals surface area contributed by atoms with Crippen molar-refractivity contribution in [3.05, 3.63) is 52.3 Å². The average Bonchev–Trinajstić information content (AvgIpc) is 3.03. The number of carbonyl (C=O) groups is 1. The Bertz CT molecular complexity index is 769. The molecule has 1 aromatic heterocycles. The number of hydrogen-bond acceptors (Lipinski definition) is 7. The summed E-state index contributed by atoms with van der Waals surface area (Å²) in [6.45, 7) is 0.0601. The van der Waals surface area contributed by atoms with E-state index in [4.69, 9.17) is 13.9 Å². The number of hydrazone groups is 1. The number of amides is 1. The van der Waals surface area contributed by atoms with Gasteiger partial charge in [-0.3, -0.25) is 14.9 Å². The number of nitro groups is 1. The Balaban J connectivity index is 1.57. The van der Waals surface area contributed by atoms with Crippen LogP contribution in [0.5, 0.6) is 11.5 Å². The van der Waals surface area contributed by atoms with Crippen LogP contribution in [0.1, 0.15) is 5.76 Å². The Morgan fingerprint density at radius 1 is 1.30 bits per heavy atom. The Morgan fingerprint density at radius 3 is 2.83 bits per heavy atom. The summed E-state index contributed by atoms with van der Waals surface area (Å²) in [5.41, 5.74) is 2.27. The molecular formula is C14H11N3O6. The molecule has 1 aliphatic rings. The van der Waals surface area contributed by atoms with Gasteiger partial charge in [0.1, 0.15) is 11.5 Å². The summed E-state index contributed by atoms with van der Waals surface area (Å²) in [4.78, 5) is 21.7. The number of ether oxygens (including phenoxy) is 2. The maximum atomic E-state index is 11.9. The number of carbonyl (C=O) groups excluding carboxylic acids is 1. The van der Waals surface area contributed by atoms with Crippen molar-refractivity contribution in [3.63, 3.8) is 0 Å². The molecular weight excluding hydrogens is 306 g/mol. The van der Waals surface area contributed by atoms with Gasteiger partial charge < -0.3 is 13.9 Å². The highest BCUT2D eigenvalue weighted by atomic mass is 16.6. The minimum Gasteiger partial charge on any atom is -0.485 e. The van der Waals surface area contributed by atoms with E-state index in [1.54, 1.807) is 24.3 Å². The van der Waals surface area contributed by atoms with E-state index in [9.17, 15) is 14.9 Å². The van der Waals surface area contributed by atoms with Crippen molar-refractivity contribution in [2.75, 3.05) is 6.61 Å². The molecule has 2 aromatic rings. The number of hydrogen-bond donors (Lipinski definition) is 1. The third-order valence-electron chi connectivity index (χ3n) is 2.96. The average molecular weight is 317 g/mol. The Hall–Kier alpha value is -3.36. The molecule has 0 unspecified atom stereocenters. The second-order valence-electron chi connectivity index (χ2n) is 4.53. The third kappa shape index (κ3) is 3.28. The van der Waals surface area contributed by atoms with Crippen molar-refractivity contribution in [2.45, 2.75) is 6.10 Å². The topological polar surface area (TPSA) is 116 Å². The van der Waals surface area contributed by atoms with E-state index in [-0.39, 0.29) is 12.4 Å². The summed E-state index contributed by atoms with van der Waals surface area (Å²) in [6, 6.07) is 9.56. The van der Waals surface area contributed by atoms with Crippen LogP contribution in [0.4, 0.5) is 5.88 Å². The van der Waals surface area contributed by atoms with E-state index in [1.807, 2.05) is 0 Å². The van der Waals surface area contributed by atoms with Crippen LogP contribution in [-0.4, -0.2) is 29.8 Å². The number of nitrogens with zero attached hydrogens (tertiary/aromatic N) is 2. The lowest BCUT2D eigenvalue weighted by Gasteiger charge is -2.24. The SMILES string of the molecule is O=C(N/N=C\c1ccc([N+](=O)[O-])o1)[C@@H]1COc2ccccc2O1. The highest BCUT2D eigenvalue weighted by Crippen LogP contribution is 2.30. The largest absolute Gasteiger partial charge is 0.485 e. The molecule has 3 rings (SSSR count). The minimum atomic E-state index is -0.840. The van der Waals surface area contributed by atoms with Crippen LogP contribution in [0.3, 0.4) is 0 Å². The Morgan fingerprint density at radius 2 is 2.09 bits per heavy atom. The van der Waals surface area contributed by atoms with E-state index in [2.05, 4.69) is 10.5 Å². The van der Waals surface area contributed by atoms with Crippen LogP contribution in [0.25, 0.3) is 0 Å². The molecule has 0 spiro atoms. The molecule has 9 nitrogen and oxygen atoms in total. The molecule has 0 saturated heterocycles. The third-order valence-corrected chi connectivity index (χ3v) is 2.96. The smallest absolute Gasteiger partial charge is 0.433 e. The summed E-state index contributed by atoms with van der Waals surface area (Å²) in [6.07, 6.45) is 0.315. The predicted molar refractivity (Wildman–Crippen MR) is 77.5 cm³/mol. The molecule has 1 atom stereocenters. The van der Waals surface area contributed by atoms with Gasteiger partial charge in [-0.25, -0.2) is 5.43 Å². The van der Waals surface area contributed by atoms with Gasteiger partial charge in [0, 0.05) is 0 Å². The molecule has 0 saturated carbocycles. The fraction of sp³-hybridized carbons (Fsp3) is 0.143. The summed E-state index contributed by atoms with van der Waals surface area (Å²) in [5, 5.41) is 14.1. The molecule has 1 aliphatic heterocycles. The van der Waals surface area contributed by atoms with Crippen LogP contribution in [0.2, 0.25) is 0 Å². The Labute approximate surface area is 129 Å². The van der Waals surface area contributed by atoms with Gasteiger partial charge in [0.2, 0.25) is 6.10 Å². The quantitative estimate of drug-likeness (QED) is 0.518. The van der Waals surface area contributed by atoms with Gasteiger partial charge in [-0.1, -0.05) is 12.1 Å². The first kappa shape index (κ1) is 14.6. The number of rotatable bonds is 4. The molecule has 2 heterocycles. The molecule has 1 aromatic carbocycles. The highest BCUT2D eigenvalue weighted by molar-refractivity contribution is 5.84. The van der Waals surface area contributed by atoms with Gasteiger partial charge in [-0.15, -0.1) is 0 Å². The molecule has 1 N–H and O–H groups in total. The van der Waals surface area contributed by atoms with Gasteiger partial charge in [0.25, 0.3) is 5.91 Å². The van der Waals surface area contributed by atoms with Crippen molar-refractivity contribution in [1.82, 2.24) is 5.43 Å². The van der Waals surface area contributed by atoms with Crippen molar-refractivity contribution in [1.29, 1.82) is 0 Å². The van der Waals surface area contributed by atoms with Crippen molar-refractivity contribution in [2.24, 2.45) is 5.10 Å². The normalized spacial score (nSPS) is 16.3. The van der Waals surface area contributed by atoms with E-state index in [0.29, 0.717) is 11.5 Å². The molecule has 0 bridgehead atoms. The number of nitrogens with one attached hydrogen (secondary N) is 1. The first-order chi connectivity index (χ1) is 11.1. The maximum Gasteiger partial charge on any atom is 0.433 e. The molecule has 9 heteroatoms. The molecule has 0 aliphatic carbocycles. The van der Waals surface area contributed by atoms with E-state index < -0.39 is 22.8 Å². The first-order valence-electron chi connectivity index (χ1n) is 6.59. The summed E-state index contributed by atoms with van der Waals surface area (Å²) in [5.74, 6) is 0.283. The predicted octanol–water partition coefficient (Wildman–Crippen LogP) is 1.48. The van der Waals surface area contributed by atoms with Crippen LogP contribution >= 0.6 is 0 Å². The molecule has 0 radical (unpaired) electrons. The van der Waals surface area contributed by atoms with Crippen LogP contribution < -0.4 is 14.9 Å². The Kier molecular flexibility index (Phi) is 3.91. The second kappa shape index (κ2) is 6.18. The molecule has 0 fully saturated rings. The van der Waals surface area contributed by atoms with Gasteiger partial charge in [0.15, 0.2) is 17.3 Å². The zero-order valence-corrected chi connectivity index (χ0v) is 11.7. The number of para-hydroxylation sites is 2. The first-order valence-corrected chi connectivity index (χ1v) is 6.59. The fourth-order valence-electron chi connectivity index (χ4n) is 1.89. The van der Waals surface area contributed by atoms with Gasteiger partial charge in [0.05, 0.1) is 12.3 Å². The lowest BCUT2D eigenvalue weighted by molar-refractivity contribution is -0.402. The summed E-state index contributed by atoms with van der Waals surface area (Å²) >= 11 is 0. The lowest BCUT2D eigenvalue weighted by Crippen LogP contribution is -2.42. The lowest BCUT2D eigenvalue weighted by atomic mass is 10.2.